The molecule has 0 spiro atoms. The molecule has 1 atom stereocenters. The van der Waals surface area contributed by atoms with E-state index < -0.39 is 0 Å². The molecule has 0 radical (unpaired) electrons. The first-order chi connectivity index (χ1) is 6.63. The number of nitrogens with zero attached hydrogens (tertiary/aromatic N) is 3. The van der Waals surface area contributed by atoms with Crippen LogP contribution in [0, 0.1) is 5.92 Å². The van der Waals surface area contributed by atoms with Crippen molar-refractivity contribution in [3.63, 3.8) is 0 Å². The van der Waals surface area contributed by atoms with Crippen LogP contribution in [0.1, 0.15) is 26.5 Å². The van der Waals surface area contributed by atoms with Gasteiger partial charge in [-0.15, -0.1) is 5.10 Å². The molecule has 1 N–H and O–H groups in total. The van der Waals surface area contributed by atoms with Gasteiger partial charge < -0.3 is 5.32 Å². The first-order valence-electron chi connectivity index (χ1n) is 5.22. The van der Waals surface area contributed by atoms with Crippen molar-refractivity contribution < 1.29 is 0 Å². The molecule has 0 aliphatic heterocycles. The van der Waals surface area contributed by atoms with E-state index in [1.807, 2.05) is 13.2 Å². The van der Waals surface area contributed by atoms with Crippen LogP contribution in [0.2, 0.25) is 0 Å². The van der Waals surface area contributed by atoms with Gasteiger partial charge in [0.05, 0.1) is 5.69 Å². The fourth-order valence-electron chi connectivity index (χ4n) is 1.52. The molecule has 0 fully saturated rings. The number of likely N-dealkylation sites (N-methyl/N-ethyl adjacent to an activating group) is 1. The molecule has 1 rings (SSSR count). The van der Waals surface area contributed by atoms with Crippen LogP contribution in [0.4, 0.5) is 0 Å². The Kier molecular flexibility index (Phi) is 4.07. The first-order valence-corrected chi connectivity index (χ1v) is 5.22. The lowest BCUT2D eigenvalue weighted by Crippen LogP contribution is -2.35. The Hall–Kier alpha value is -0.900. The average molecular weight is 196 g/mol. The van der Waals surface area contributed by atoms with Crippen molar-refractivity contribution in [1.82, 2.24) is 20.3 Å². The van der Waals surface area contributed by atoms with Crippen LogP contribution in [-0.2, 0) is 13.5 Å². The molecule has 1 aromatic rings. The molecule has 4 heteroatoms. The van der Waals surface area contributed by atoms with Crippen molar-refractivity contribution in [3.05, 3.63) is 11.9 Å². The van der Waals surface area contributed by atoms with Gasteiger partial charge in [-0.05, 0) is 12.5 Å². The van der Waals surface area contributed by atoms with Crippen molar-refractivity contribution in [1.29, 1.82) is 0 Å². The number of rotatable bonds is 5. The molecule has 0 bridgehead atoms. The van der Waals surface area contributed by atoms with Crippen molar-refractivity contribution in [2.45, 2.75) is 33.2 Å². The lowest BCUT2D eigenvalue weighted by atomic mass is 9.99. The Bertz CT molecular complexity index is 267. The van der Waals surface area contributed by atoms with Crippen LogP contribution in [0.25, 0.3) is 0 Å². The summed E-state index contributed by atoms with van der Waals surface area (Å²) in [4.78, 5) is 0. The summed E-state index contributed by atoms with van der Waals surface area (Å²) in [5.74, 6) is 0.622. The fourth-order valence-corrected chi connectivity index (χ4v) is 1.52. The standard InChI is InChI=1S/C10H20N4/c1-5-11-10(8(2)3)6-9-7-14(4)13-12-9/h7-8,10-11H,5-6H2,1-4H3. The van der Waals surface area contributed by atoms with Crippen molar-refractivity contribution >= 4 is 0 Å². The van der Waals surface area contributed by atoms with Crippen molar-refractivity contribution in [2.75, 3.05) is 6.54 Å². The highest BCUT2D eigenvalue weighted by molar-refractivity contribution is 4.96. The van der Waals surface area contributed by atoms with Gasteiger partial charge in [0.15, 0.2) is 0 Å². The predicted molar refractivity (Wildman–Crippen MR) is 57.0 cm³/mol. The van der Waals surface area contributed by atoms with E-state index in [1.165, 1.54) is 0 Å². The van der Waals surface area contributed by atoms with E-state index >= 15 is 0 Å². The molecule has 4 nitrogen and oxygen atoms in total. The minimum absolute atomic E-state index is 0.497. The zero-order chi connectivity index (χ0) is 10.6. The molecule has 0 aliphatic rings. The second kappa shape index (κ2) is 5.10. The summed E-state index contributed by atoms with van der Waals surface area (Å²) in [7, 11) is 1.90. The van der Waals surface area contributed by atoms with Crippen LogP contribution in [-0.4, -0.2) is 27.6 Å². The summed E-state index contributed by atoms with van der Waals surface area (Å²) < 4.78 is 1.75. The molecule has 80 valence electrons. The Morgan fingerprint density at radius 3 is 2.64 bits per heavy atom. The van der Waals surface area contributed by atoms with Gasteiger partial charge in [0.1, 0.15) is 0 Å². The third kappa shape index (κ3) is 3.10. The van der Waals surface area contributed by atoms with Gasteiger partial charge in [-0.1, -0.05) is 26.0 Å². The normalized spacial score (nSPS) is 13.5. The number of aryl methyl sites for hydroxylation is 1. The number of hydrogen-bond donors (Lipinski definition) is 1. The minimum Gasteiger partial charge on any atom is -0.314 e. The Balaban J connectivity index is 2.55. The van der Waals surface area contributed by atoms with E-state index in [-0.39, 0.29) is 0 Å². The van der Waals surface area contributed by atoms with Crippen LogP contribution in [0.5, 0.6) is 0 Å². The van der Waals surface area contributed by atoms with Crippen LogP contribution >= 0.6 is 0 Å². The van der Waals surface area contributed by atoms with Gasteiger partial charge in [0.2, 0.25) is 0 Å². The van der Waals surface area contributed by atoms with Crippen LogP contribution in [0.3, 0.4) is 0 Å². The van der Waals surface area contributed by atoms with Gasteiger partial charge in [-0.2, -0.15) is 0 Å². The average Bonchev–Trinajstić information content (AvgIpc) is 2.50. The first kappa shape index (κ1) is 11.2. The van der Waals surface area contributed by atoms with Gasteiger partial charge in [-0.25, -0.2) is 0 Å². The molecule has 1 aromatic heterocycles. The molecule has 0 aliphatic carbocycles. The smallest absolute Gasteiger partial charge is 0.0842 e. The maximum atomic E-state index is 4.09. The van der Waals surface area contributed by atoms with E-state index in [1.54, 1.807) is 4.68 Å². The number of nitrogens with one attached hydrogen (secondary N) is 1. The predicted octanol–water partition coefficient (Wildman–Crippen LogP) is 0.992. The van der Waals surface area contributed by atoms with Crippen LogP contribution < -0.4 is 5.32 Å². The highest BCUT2D eigenvalue weighted by atomic mass is 15.4. The zero-order valence-corrected chi connectivity index (χ0v) is 9.49. The summed E-state index contributed by atoms with van der Waals surface area (Å²) in [6.45, 7) is 7.59. The van der Waals surface area contributed by atoms with E-state index in [4.69, 9.17) is 0 Å². The molecule has 0 aromatic carbocycles. The molecular weight excluding hydrogens is 176 g/mol. The van der Waals surface area contributed by atoms with Crippen molar-refractivity contribution in [2.24, 2.45) is 13.0 Å². The zero-order valence-electron chi connectivity index (χ0n) is 9.49. The second-order valence-corrected chi connectivity index (χ2v) is 4.00. The fraction of sp³-hybridized carbons (Fsp3) is 0.800. The number of aromatic nitrogens is 3. The second-order valence-electron chi connectivity index (χ2n) is 4.00. The maximum absolute atomic E-state index is 4.09. The molecular formula is C10H20N4. The summed E-state index contributed by atoms with van der Waals surface area (Å²) in [6, 6.07) is 0.497. The van der Waals surface area contributed by atoms with E-state index in [0.717, 1.165) is 18.7 Å². The van der Waals surface area contributed by atoms with Gasteiger partial charge in [0.25, 0.3) is 0 Å². The highest BCUT2D eigenvalue weighted by Gasteiger charge is 2.14. The Labute approximate surface area is 85.7 Å². The van der Waals surface area contributed by atoms with Crippen molar-refractivity contribution in [3.8, 4) is 0 Å². The topological polar surface area (TPSA) is 42.7 Å². The molecule has 1 unspecified atom stereocenters. The Morgan fingerprint density at radius 2 is 2.21 bits per heavy atom. The van der Waals surface area contributed by atoms with Gasteiger partial charge in [-0.3, -0.25) is 4.68 Å². The summed E-state index contributed by atoms with van der Waals surface area (Å²) >= 11 is 0. The van der Waals surface area contributed by atoms with E-state index in [2.05, 4.69) is 36.4 Å². The maximum Gasteiger partial charge on any atom is 0.0842 e. The molecule has 0 saturated carbocycles. The van der Waals surface area contributed by atoms with E-state index in [0.29, 0.717) is 12.0 Å². The van der Waals surface area contributed by atoms with Gasteiger partial charge in [0, 0.05) is 25.7 Å². The molecule has 14 heavy (non-hydrogen) atoms. The minimum atomic E-state index is 0.497. The summed E-state index contributed by atoms with van der Waals surface area (Å²) in [5, 5.41) is 11.5. The summed E-state index contributed by atoms with van der Waals surface area (Å²) in [5.41, 5.74) is 1.06. The third-order valence-electron chi connectivity index (χ3n) is 2.35. The largest absolute Gasteiger partial charge is 0.314 e. The monoisotopic (exact) mass is 196 g/mol. The lowest BCUT2D eigenvalue weighted by molar-refractivity contribution is 0.402. The lowest BCUT2D eigenvalue weighted by Gasteiger charge is -2.20. The Morgan fingerprint density at radius 1 is 1.50 bits per heavy atom. The number of hydrogen-bond acceptors (Lipinski definition) is 3. The summed E-state index contributed by atoms with van der Waals surface area (Å²) in [6.07, 6.45) is 2.94. The molecule has 0 amide bonds. The third-order valence-corrected chi connectivity index (χ3v) is 2.35. The van der Waals surface area contributed by atoms with E-state index in [9.17, 15) is 0 Å². The quantitative estimate of drug-likeness (QED) is 0.763. The van der Waals surface area contributed by atoms with Gasteiger partial charge >= 0.3 is 0 Å². The molecule has 0 saturated heterocycles. The molecule has 1 heterocycles. The highest BCUT2D eigenvalue weighted by Crippen LogP contribution is 2.07. The van der Waals surface area contributed by atoms with Crippen LogP contribution in [0.15, 0.2) is 6.20 Å². The SMILES string of the molecule is CCNC(Cc1cn(C)nn1)C(C)C.